The van der Waals surface area contributed by atoms with Crippen molar-refractivity contribution in [1.82, 2.24) is 29.1 Å². The van der Waals surface area contributed by atoms with Crippen molar-refractivity contribution in [3.8, 4) is 11.4 Å². The molecule has 1 fully saturated rings. The van der Waals surface area contributed by atoms with Crippen LogP contribution in [0.15, 0.2) is 41.7 Å². The number of hydrogen-bond acceptors (Lipinski definition) is 5. The Hall–Kier alpha value is -2.38. The second-order valence-corrected chi connectivity index (χ2v) is 9.17. The molecule has 0 aliphatic heterocycles. The minimum absolute atomic E-state index is 0.418. The zero-order valence-corrected chi connectivity index (χ0v) is 18.6. The third-order valence-electron chi connectivity index (χ3n) is 5.63. The highest BCUT2D eigenvalue weighted by atomic mass is 35.5. The summed E-state index contributed by atoms with van der Waals surface area (Å²) in [6.45, 7) is 4.07. The van der Waals surface area contributed by atoms with Gasteiger partial charge in [-0.2, -0.15) is 0 Å². The van der Waals surface area contributed by atoms with Crippen LogP contribution in [0.2, 0.25) is 5.02 Å². The lowest BCUT2D eigenvalue weighted by Gasteiger charge is -2.17. The molecule has 6 nitrogen and oxygen atoms in total. The molecule has 4 aromatic rings. The number of imidazole rings is 1. The third-order valence-corrected chi connectivity index (χ3v) is 6.94. The second kappa shape index (κ2) is 8.04. The van der Waals surface area contributed by atoms with Crippen molar-refractivity contribution in [2.24, 2.45) is 0 Å². The van der Waals surface area contributed by atoms with E-state index in [2.05, 4.69) is 38.9 Å². The summed E-state index contributed by atoms with van der Waals surface area (Å²) in [4.78, 5) is 9.25. The molecule has 5 rings (SSSR count). The van der Waals surface area contributed by atoms with E-state index >= 15 is 0 Å². The molecule has 30 heavy (non-hydrogen) atoms. The van der Waals surface area contributed by atoms with Gasteiger partial charge in [0.25, 0.3) is 0 Å². The highest BCUT2D eigenvalue weighted by Gasteiger charge is 2.26. The monoisotopic (exact) mass is 438 g/mol. The van der Waals surface area contributed by atoms with Crippen LogP contribution in [-0.2, 0) is 5.75 Å². The Kier molecular flexibility index (Phi) is 5.25. The molecule has 1 aliphatic carbocycles. The first-order valence-corrected chi connectivity index (χ1v) is 11.6. The first kappa shape index (κ1) is 19.6. The van der Waals surface area contributed by atoms with Gasteiger partial charge < -0.3 is 0 Å². The summed E-state index contributed by atoms with van der Waals surface area (Å²) < 4.78 is 4.34. The Morgan fingerprint density at radius 1 is 1.10 bits per heavy atom. The molecule has 0 spiro atoms. The summed E-state index contributed by atoms with van der Waals surface area (Å²) in [7, 11) is 0. The van der Waals surface area contributed by atoms with Gasteiger partial charge in [0.05, 0.1) is 10.7 Å². The molecule has 0 radical (unpaired) electrons. The smallest absolute Gasteiger partial charge is 0.234 e. The van der Waals surface area contributed by atoms with Crippen LogP contribution in [0.3, 0.4) is 0 Å². The van der Waals surface area contributed by atoms with Crippen molar-refractivity contribution < 1.29 is 0 Å². The van der Waals surface area contributed by atoms with E-state index in [0.717, 1.165) is 58.0 Å². The maximum Gasteiger partial charge on any atom is 0.234 e. The molecule has 3 aromatic heterocycles. The van der Waals surface area contributed by atoms with E-state index in [-0.39, 0.29) is 0 Å². The summed E-state index contributed by atoms with van der Waals surface area (Å²) in [6.07, 6.45) is 6.85. The Morgan fingerprint density at radius 2 is 1.90 bits per heavy atom. The molecule has 1 aromatic carbocycles. The van der Waals surface area contributed by atoms with Crippen molar-refractivity contribution in [3.63, 3.8) is 0 Å². The summed E-state index contributed by atoms with van der Waals surface area (Å²) in [5.41, 5.74) is 4.04. The summed E-state index contributed by atoms with van der Waals surface area (Å²) >= 11 is 8.16. The van der Waals surface area contributed by atoms with Crippen LogP contribution in [0.25, 0.3) is 17.2 Å². The molecule has 154 valence electrons. The number of hydrogen-bond donors (Lipinski definition) is 0. The Labute approximate surface area is 184 Å². The van der Waals surface area contributed by atoms with Crippen LogP contribution in [0, 0.1) is 13.8 Å². The molecule has 1 saturated carbocycles. The van der Waals surface area contributed by atoms with E-state index in [9.17, 15) is 0 Å². The summed E-state index contributed by atoms with van der Waals surface area (Å²) in [6, 6.07) is 10.4. The SMILES string of the molecule is Cc1cc(C)n2cc(CSc3nnc(-c4ccccc4Cl)n3C3CCCC3)nc2n1. The van der Waals surface area contributed by atoms with Gasteiger partial charge in [-0.3, -0.25) is 8.97 Å². The minimum atomic E-state index is 0.418. The second-order valence-electron chi connectivity index (χ2n) is 7.82. The lowest BCUT2D eigenvalue weighted by Crippen LogP contribution is -2.08. The van der Waals surface area contributed by atoms with E-state index < -0.39 is 0 Å². The van der Waals surface area contributed by atoms with Gasteiger partial charge in [0.1, 0.15) is 0 Å². The maximum absolute atomic E-state index is 6.48. The molecule has 3 heterocycles. The lowest BCUT2D eigenvalue weighted by atomic mass is 10.2. The van der Waals surface area contributed by atoms with E-state index in [4.69, 9.17) is 16.6 Å². The van der Waals surface area contributed by atoms with E-state index in [1.807, 2.05) is 35.6 Å². The molecular weight excluding hydrogens is 416 g/mol. The fourth-order valence-electron chi connectivity index (χ4n) is 4.22. The normalized spacial score (nSPS) is 14.8. The highest BCUT2D eigenvalue weighted by molar-refractivity contribution is 7.98. The molecule has 0 saturated heterocycles. The van der Waals surface area contributed by atoms with Gasteiger partial charge >= 0.3 is 0 Å². The minimum Gasteiger partial charge on any atom is -0.299 e. The van der Waals surface area contributed by atoms with Crippen LogP contribution in [0.4, 0.5) is 0 Å². The van der Waals surface area contributed by atoms with Crippen LogP contribution in [0.5, 0.6) is 0 Å². The molecule has 0 amide bonds. The number of fused-ring (bicyclic) bond motifs is 1. The fraction of sp³-hybridized carbons (Fsp3) is 0.364. The number of thioether (sulfide) groups is 1. The van der Waals surface area contributed by atoms with Crippen molar-refractivity contribution >= 4 is 29.1 Å². The fourth-order valence-corrected chi connectivity index (χ4v) is 5.33. The van der Waals surface area contributed by atoms with Gasteiger partial charge in [-0.05, 0) is 44.9 Å². The van der Waals surface area contributed by atoms with Gasteiger partial charge in [0, 0.05) is 34.9 Å². The van der Waals surface area contributed by atoms with Gasteiger partial charge in [-0.15, -0.1) is 10.2 Å². The van der Waals surface area contributed by atoms with Gasteiger partial charge in [-0.25, -0.2) is 9.97 Å². The van der Waals surface area contributed by atoms with Crippen LogP contribution >= 0.6 is 23.4 Å². The molecule has 8 heteroatoms. The highest BCUT2D eigenvalue weighted by Crippen LogP contribution is 2.38. The number of aryl methyl sites for hydroxylation is 2. The third kappa shape index (κ3) is 3.61. The lowest BCUT2D eigenvalue weighted by molar-refractivity contribution is 0.485. The quantitative estimate of drug-likeness (QED) is 0.376. The standard InChI is InChI=1S/C22H23ClN6S/c1-14-11-15(2)28-12-16(25-21(28)24-14)13-30-22-27-26-20(18-9-5-6-10-19(18)23)29(22)17-7-3-4-8-17/h5-6,9-12,17H,3-4,7-8,13H2,1-2H3. The van der Waals surface area contributed by atoms with E-state index in [0.29, 0.717) is 11.1 Å². The predicted octanol–water partition coefficient (Wildman–Crippen LogP) is 5.67. The number of halogens is 1. The Bertz CT molecular complexity index is 1210. The first-order chi connectivity index (χ1) is 14.6. The topological polar surface area (TPSA) is 60.9 Å². The number of nitrogens with zero attached hydrogens (tertiary/aromatic N) is 6. The molecular formula is C22H23ClN6S. The number of aromatic nitrogens is 6. The Morgan fingerprint density at radius 3 is 2.70 bits per heavy atom. The van der Waals surface area contributed by atoms with Crippen molar-refractivity contribution in [1.29, 1.82) is 0 Å². The van der Waals surface area contributed by atoms with Gasteiger partial charge in [0.15, 0.2) is 11.0 Å². The van der Waals surface area contributed by atoms with Crippen LogP contribution < -0.4 is 0 Å². The molecule has 1 aliphatic rings. The number of benzene rings is 1. The van der Waals surface area contributed by atoms with Crippen molar-refractivity contribution in [2.45, 2.75) is 56.5 Å². The van der Waals surface area contributed by atoms with E-state index in [1.165, 1.54) is 12.8 Å². The van der Waals surface area contributed by atoms with Crippen LogP contribution in [0.1, 0.15) is 48.8 Å². The molecule has 0 N–H and O–H groups in total. The number of rotatable bonds is 5. The predicted molar refractivity (Wildman–Crippen MR) is 120 cm³/mol. The zero-order valence-electron chi connectivity index (χ0n) is 17.0. The maximum atomic E-state index is 6.48. The van der Waals surface area contributed by atoms with Gasteiger partial charge in [0.2, 0.25) is 5.78 Å². The average Bonchev–Trinajstić information content (AvgIpc) is 3.45. The molecule has 0 atom stereocenters. The average molecular weight is 439 g/mol. The van der Waals surface area contributed by atoms with E-state index in [1.54, 1.807) is 11.8 Å². The summed E-state index contributed by atoms with van der Waals surface area (Å²) in [5.74, 6) is 2.32. The first-order valence-electron chi connectivity index (χ1n) is 10.2. The largest absolute Gasteiger partial charge is 0.299 e. The summed E-state index contributed by atoms with van der Waals surface area (Å²) in [5, 5.41) is 10.7. The molecule has 0 unspecified atom stereocenters. The molecule has 0 bridgehead atoms. The van der Waals surface area contributed by atoms with Crippen molar-refractivity contribution in [2.75, 3.05) is 0 Å². The Balaban J connectivity index is 1.47. The zero-order chi connectivity index (χ0) is 20.7. The van der Waals surface area contributed by atoms with Gasteiger partial charge in [-0.1, -0.05) is 48.3 Å². The van der Waals surface area contributed by atoms with Crippen molar-refractivity contribution in [3.05, 3.63) is 58.6 Å². The van der Waals surface area contributed by atoms with Crippen LogP contribution in [-0.4, -0.2) is 29.1 Å².